The molecule has 0 amide bonds. The number of hydrogen-bond donors (Lipinski definition) is 1. The zero-order valence-electron chi connectivity index (χ0n) is 14.1. The Morgan fingerprint density at radius 3 is 2.81 bits per heavy atom. The van der Waals surface area contributed by atoms with Crippen LogP contribution < -0.4 is 4.74 Å². The Morgan fingerprint density at radius 2 is 2.19 bits per heavy atom. The molecule has 1 atom stereocenters. The maximum Gasteiger partial charge on any atom is 0.419 e. The number of carboxylic acids is 1. The average Bonchev–Trinajstić information content (AvgIpc) is 2.93. The minimum absolute atomic E-state index is 0.0645. The fourth-order valence-electron chi connectivity index (χ4n) is 2.94. The van der Waals surface area contributed by atoms with Gasteiger partial charge < -0.3 is 14.6 Å². The molecule has 3 rings (SSSR count). The lowest BCUT2D eigenvalue weighted by Crippen LogP contribution is -2.21. The topological polar surface area (TPSA) is 73.6 Å². The molecular weight excluding hydrogens is 353 g/mol. The van der Waals surface area contributed by atoms with Crippen LogP contribution in [0.1, 0.15) is 41.2 Å². The lowest BCUT2D eigenvalue weighted by molar-refractivity contribution is -0.138. The van der Waals surface area contributed by atoms with Crippen molar-refractivity contribution in [1.82, 2.24) is 9.78 Å². The Kier molecular flexibility index (Phi) is 4.66. The Morgan fingerprint density at radius 1 is 1.46 bits per heavy atom. The van der Waals surface area contributed by atoms with Crippen molar-refractivity contribution in [2.45, 2.75) is 39.2 Å². The summed E-state index contributed by atoms with van der Waals surface area (Å²) in [6.07, 6.45) is -4.30. The third-order valence-electron chi connectivity index (χ3n) is 4.10. The largest absolute Gasteiger partial charge is 0.493 e. The van der Waals surface area contributed by atoms with Crippen LogP contribution in [-0.4, -0.2) is 33.6 Å². The number of carbonyl (C=O) groups is 1. The molecule has 26 heavy (non-hydrogen) atoms. The van der Waals surface area contributed by atoms with Crippen LogP contribution in [0.4, 0.5) is 13.2 Å². The lowest BCUT2D eigenvalue weighted by Gasteiger charge is -2.21. The summed E-state index contributed by atoms with van der Waals surface area (Å²) >= 11 is 0. The third-order valence-corrected chi connectivity index (χ3v) is 4.10. The number of rotatable bonds is 4. The molecule has 140 valence electrons. The second kappa shape index (κ2) is 6.64. The van der Waals surface area contributed by atoms with E-state index in [0.29, 0.717) is 23.4 Å². The van der Waals surface area contributed by atoms with Gasteiger partial charge in [0.15, 0.2) is 5.69 Å². The van der Waals surface area contributed by atoms with Crippen LogP contribution in [-0.2, 0) is 23.9 Å². The van der Waals surface area contributed by atoms with E-state index in [4.69, 9.17) is 9.47 Å². The van der Waals surface area contributed by atoms with E-state index >= 15 is 0 Å². The molecule has 1 aliphatic heterocycles. The second-order valence-electron chi connectivity index (χ2n) is 5.93. The van der Waals surface area contributed by atoms with Gasteiger partial charge in [-0.2, -0.15) is 18.3 Å². The highest BCUT2D eigenvalue weighted by molar-refractivity contribution is 5.87. The molecule has 9 heteroatoms. The van der Waals surface area contributed by atoms with Crippen LogP contribution in [0.3, 0.4) is 0 Å². The van der Waals surface area contributed by atoms with E-state index in [9.17, 15) is 23.1 Å². The molecule has 0 radical (unpaired) electrons. The normalized spacial score (nSPS) is 17.0. The van der Waals surface area contributed by atoms with Crippen molar-refractivity contribution in [1.29, 1.82) is 0 Å². The number of alkyl halides is 3. The van der Waals surface area contributed by atoms with Crippen molar-refractivity contribution in [3.05, 3.63) is 40.7 Å². The minimum Gasteiger partial charge on any atom is -0.493 e. The van der Waals surface area contributed by atoms with Crippen LogP contribution in [0.5, 0.6) is 5.75 Å². The molecular formula is C17H17F3N2O4. The van der Waals surface area contributed by atoms with Crippen LogP contribution in [0.25, 0.3) is 5.69 Å². The van der Waals surface area contributed by atoms with Gasteiger partial charge in [0.1, 0.15) is 5.75 Å². The van der Waals surface area contributed by atoms with E-state index in [1.54, 1.807) is 6.92 Å². The van der Waals surface area contributed by atoms with Crippen molar-refractivity contribution in [3.63, 3.8) is 0 Å². The quantitative estimate of drug-likeness (QED) is 0.892. The number of aromatic nitrogens is 2. The number of nitrogens with zero attached hydrogens (tertiary/aromatic N) is 2. The van der Waals surface area contributed by atoms with Gasteiger partial charge in [-0.1, -0.05) is 0 Å². The minimum atomic E-state index is -4.55. The smallest absolute Gasteiger partial charge is 0.419 e. The van der Waals surface area contributed by atoms with Crippen LogP contribution >= 0.6 is 0 Å². The van der Waals surface area contributed by atoms with Crippen molar-refractivity contribution >= 4 is 5.97 Å². The predicted molar refractivity (Wildman–Crippen MR) is 84.6 cm³/mol. The number of halogens is 3. The molecule has 0 saturated heterocycles. The van der Waals surface area contributed by atoms with Gasteiger partial charge in [-0.3, -0.25) is 0 Å². The summed E-state index contributed by atoms with van der Waals surface area (Å²) in [6.45, 7) is 3.58. The summed E-state index contributed by atoms with van der Waals surface area (Å²) in [5, 5.41) is 13.4. The summed E-state index contributed by atoms with van der Waals surface area (Å²) in [7, 11) is 0. The van der Waals surface area contributed by atoms with Crippen molar-refractivity contribution in [2.75, 3.05) is 6.61 Å². The maximum atomic E-state index is 13.1. The zero-order chi connectivity index (χ0) is 19.1. The average molecular weight is 370 g/mol. The van der Waals surface area contributed by atoms with E-state index in [1.807, 2.05) is 6.92 Å². The molecule has 1 aliphatic rings. The molecule has 6 nitrogen and oxygen atoms in total. The highest BCUT2D eigenvalue weighted by Gasteiger charge is 2.35. The van der Waals surface area contributed by atoms with Crippen molar-refractivity contribution in [2.24, 2.45) is 0 Å². The molecule has 0 aliphatic carbocycles. The molecule has 1 unspecified atom stereocenters. The first-order valence-electron chi connectivity index (χ1n) is 8.02. The van der Waals surface area contributed by atoms with Crippen LogP contribution in [0.2, 0.25) is 0 Å². The zero-order valence-corrected chi connectivity index (χ0v) is 14.1. The number of benzene rings is 1. The van der Waals surface area contributed by atoms with Gasteiger partial charge >= 0.3 is 12.1 Å². The van der Waals surface area contributed by atoms with Crippen LogP contribution in [0.15, 0.2) is 18.2 Å². The number of ether oxygens (including phenoxy) is 2. The Labute approximate surface area is 147 Å². The highest BCUT2D eigenvalue weighted by Crippen LogP contribution is 2.38. The van der Waals surface area contributed by atoms with Gasteiger partial charge in [0.05, 0.1) is 36.3 Å². The summed E-state index contributed by atoms with van der Waals surface area (Å²) in [5.74, 6) is -1.53. The first-order valence-corrected chi connectivity index (χ1v) is 8.02. The molecule has 1 aromatic carbocycles. The Hall–Kier alpha value is -2.55. The molecule has 0 bridgehead atoms. The van der Waals surface area contributed by atoms with Crippen molar-refractivity contribution < 1.29 is 32.5 Å². The summed E-state index contributed by atoms with van der Waals surface area (Å²) in [4.78, 5) is 11.4. The van der Waals surface area contributed by atoms with Crippen LogP contribution in [0, 0.1) is 0 Å². The maximum absolute atomic E-state index is 13.1. The van der Waals surface area contributed by atoms with Gasteiger partial charge in [-0.25, -0.2) is 9.48 Å². The first-order chi connectivity index (χ1) is 12.2. The van der Waals surface area contributed by atoms with Crippen molar-refractivity contribution in [3.8, 4) is 11.4 Å². The van der Waals surface area contributed by atoms with E-state index in [-0.39, 0.29) is 30.8 Å². The number of aromatic carboxylic acids is 1. The number of fused-ring (bicyclic) bond motifs is 1. The Bertz CT molecular complexity index is 845. The van der Waals surface area contributed by atoms with Gasteiger partial charge in [0.2, 0.25) is 0 Å². The summed E-state index contributed by atoms with van der Waals surface area (Å²) in [6, 6.07) is 3.40. The summed E-state index contributed by atoms with van der Waals surface area (Å²) in [5.41, 5.74) is 0.306. The fraction of sp³-hybridized carbons (Fsp3) is 0.412. The standard InChI is InChI=1S/C17H17F3N2O4/c1-3-25-14-7-10(4-5-12(14)17(18,19)20)22-13-6-9(2)26-8-11(13)15(21-22)16(23)24/h4-5,7,9H,3,6,8H2,1-2H3,(H,23,24). The van der Waals surface area contributed by atoms with Gasteiger partial charge in [0, 0.05) is 18.1 Å². The third kappa shape index (κ3) is 3.26. The molecule has 2 heterocycles. The SMILES string of the molecule is CCOc1cc(-n2nc(C(=O)O)c3c2CC(C)OC3)ccc1C(F)(F)F. The monoisotopic (exact) mass is 370 g/mol. The molecule has 1 N–H and O–H groups in total. The molecule has 1 aromatic heterocycles. The highest BCUT2D eigenvalue weighted by atomic mass is 19.4. The van der Waals surface area contributed by atoms with E-state index in [2.05, 4.69) is 5.10 Å². The van der Waals surface area contributed by atoms with E-state index in [0.717, 1.165) is 6.07 Å². The molecule has 0 spiro atoms. The van der Waals surface area contributed by atoms with E-state index in [1.165, 1.54) is 16.8 Å². The molecule has 0 fully saturated rings. The summed E-state index contributed by atoms with van der Waals surface area (Å²) < 4.78 is 51.4. The molecule has 2 aromatic rings. The number of carboxylic acid groups (broad SMARTS) is 1. The van der Waals surface area contributed by atoms with Gasteiger partial charge in [-0.15, -0.1) is 0 Å². The lowest BCUT2D eigenvalue weighted by atomic mass is 10.1. The van der Waals surface area contributed by atoms with Gasteiger partial charge in [-0.05, 0) is 26.0 Å². The fourth-order valence-corrected chi connectivity index (χ4v) is 2.94. The van der Waals surface area contributed by atoms with Gasteiger partial charge in [0.25, 0.3) is 0 Å². The number of hydrogen-bond acceptors (Lipinski definition) is 4. The molecule has 0 saturated carbocycles. The first kappa shape index (κ1) is 18.2. The Balaban J connectivity index is 2.15. The van der Waals surface area contributed by atoms with E-state index < -0.39 is 17.7 Å². The predicted octanol–water partition coefficient (Wildman–Crippen LogP) is 3.45. The second-order valence-corrected chi connectivity index (χ2v) is 5.93.